The van der Waals surface area contributed by atoms with Gasteiger partial charge in [-0.15, -0.1) is 16.4 Å². The number of rotatable bonds is 7. The topological polar surface area (TPSA) is 115 Å². The Kier molecular flexibility index (Phi) is 5.90. The predicted octanol–water partition coefficient (Wildman–Crippen LogP) is 1.64. The number of aryl methyl sites for hydroxylation is 1. The zero-order chi connectivity index (χ0) is 20.1. The lowest BCUT2D eigenvalue weighted by atomic mass is 10.2. The number of carbonyl (C=O) groups excluding carboxylic acids is 2. The Morgan fingerprint density at radius 3 is 2.82 bits per heavy atom. The van der Waals surface area contributed by atoms with E-state index in [-0.39, 0.29) is 19.0 Å². The van der Waals surface area contributed by atoms with Crippen LogP contribution in [0.4, 0.5) is 5.69 Å². The van der Waals surface area contributed by atoms with Gasteiger partial charge in [-0.1, -0.05) is 12.1 Å². The highest BCUT2D eigenvalue weighted by Crippen LogP contribution is 2.25. The molecule has 3 rings (SSSR count). The van der Waals surface area contributed by atoms with Crippen LogP contribution in [0.25, 0.3) is 10.8 Å². The Morgan fingerprint density at radius 1 is 1.29 bits per heavy atom. The first-order valence-electron chi connectivity index (χ1n) is 8.29. The molecular weight excluding hydrogens is 384 g/mol. The van der Waals surface area contributed by atoms with Gasteiger partial charge < -0.3 is 19.8 Å². The molecule has 146 valence electrons. The Labute approximate surface area is 163 Å². The molecule has 0 spiro atoms. The number of hydrogen-bond donors (Lipinski definition) is 2. The molecule has 9 nitrogen and oxygen atoms in total. The molecule has 2 aromatic heterocycles. The van der Waals surface area contributed by atoms with E-state index < -0.39 is 17.6 Å². The molecule has 0 fully saturated rings. The minimum atomic E-state index is -0.743. The molecule has 0 aliphatic rings. The van der Waals surface area contributed by atoms with E-state index in [0.717, 1.165) is 10.2 Å². The van der Waals surface area contributed by atoms with Gasteiger partial charge in [0.1, 0.15) is 12.3 Å². The standard InChI is InChI=1S/C18H18N4O5S/c1-11-5-6-13(26-2)12(8-11)20-15(23)9-19-16(24)10-22-18(25)27-17(21-22)14-4-3-7-28-14/h3-8H,9-10H2,1-2H3,(H,19,24)(H,20,23). The van der Waals surface area contributed by atoms with Gasteiger partial charge in [-0.3, -0.25) is 9.59 Å². The summed E-state index contributed by atoms with van der Waals surface area (Å²) < 4.78 is 11.1. The van der Waals surface area contributed by atoms with E-state index in [4.69, 9.17) is 9.15 Å². The molecule has 0 unspecified atom stereocenters. The first-order chi connectivity index (χ1) is 13.5. The van der Waals surface area contributed by atoms with Crippen LogP contribution < -0.4 is 21.1 Å². The molecule has 2 N–H and O–H groups in total. The van der Waals surface area contributed by atoms with Crippen LogP contribution >= 0.6 is 11.3 Å². The van der Waals surface area contributed by atoms with Crippen LogP contribution in [0.5, 0.6) is 5.75 Å². The second-order valence-corrected chi connectivity index (χ2v) is 6.78. The second-order valence-electron chi connectivity index (χ2n) is 5.84. The van der Waals surface area contributed by atoms with Crippen molar-refractivity contribution in [3.8, 4) is 16.5 Å². The number of aromatic nitrogens is 2. The molecular formula is C18H18N4O5S. The summed E-state index contributed by atoms with van der Waals surface area (Å²) in [5.41, 5.74) is 1.46. The molecule has 0 saturated carbocycles. The molecule has 28 heavy (non-hydrogen) atoms. The summed E-state index contributed by atoms with van der Waals surface area (Å²) in [5.74, 6) is -1.05. The molecule has 0 atom stereocenters. The van der Waals surface area contributed by atoms with Crippen LogP contribution in [0.2, 0.25) is 0 Å². The van der Waals surface area contributed by atoms with Crippen molar-refractivity contribution in [3.05, 3.63) is 51.8 Å². The SMILES string of the molecule is COc1ccc(C)cc1NC(=O)CNC(=O)Cn1nc(-c2cccs2)oc1=O. The molecule has 2 heterocycles. The lowest BCUT2D eigenvalue weighted by Crippen LogP contribution is -2.36. The third-order valence-corrected chi connectivity index (χ3v) is 4.56. The molecule has 3 aromatic rings. The number of nitrogens with one attached hydrogen (secondary N) is 2. The van der Waals surface area contributed by atoms with Crippen LogP contribution in [-0.2, 0) is 16.1 Å². The summed E-state index contributed by atoms with van der Waals surface area (Å²) in [6, 6.07) is 8.92. The first kappa shape index (κ1) is 19.4. The van der Waals surface area contributed by atoms with Crippen molar-refractivity contribution in [1.29, 1.82) is 0 Å². The fraction of sp³-hybridized carbons (Fsp3) is 0.222. The van der Waals surface area contributed by atoms with Crippen LogP contribution in [-0.4, -0.2) is 35.2 Å². The third-order valence-electron chi connectivity index (χ3n) is 3.71. The maximum absolute atomic E-state index is 12.1. The van der Waals surface area contributed by atoms with Crippen molar-refractivity contribution >= 4 is 28.8 Å². The quantitative estimate of drug-likeness (QED) is 0.621. The fourth-order valence-electron chi connectivity index (χ4n) is 2.39. The minimum Gasteiger partial charge on any atom is -0.495 e. The van der Waals surface area contributed by atoms with Gasteiger partial charge in [0.05, 0.1) is 24.2 Å². The van der Waals surface area contributed by atoms with E-state index in [1.807, 2.05) is 18.4 Å². The lowest BCUT2D eigenvalue weighted by molar-refractivity contribution is -0.124. The first-order valence-corrected chi connectivity index (χ1v) is 9.17. The van der Waals surface area contributed by atoms with Crippen molar-refractivity contribution in [2.24, 2.45) is 0 Å². The third kappa shape index (κ3) is 4.65. The van der Waals surface area contributed by atoms with Crippen LogP contribution in [0.3, 0.4) is 0 Å². The summed E-state index contributed by atoms with van der Waals surface area (Å²) in [5, 5.41) is 10.9. The van der Waals surface area contributed by atoms with Crippen LogP contribution in [0.15, 0.2) is 44.9 Å². The average molecular weight is 402 g/mol. The van der Waals surface area contributed by atoms with Gasteiger partial charge in [0.2, 0.25) is 11.8 Å². The Morgan fingerprint density at radius 2 is 2.11 bits per heavy atom. The Bertz CT molecular complexity index is 1040. The molecule has 1 aromatic carbocycles. The number of methoxy groups -OCH3 is 1. The zero-order valence-electron chi connectivity index (χ0n) is 15.2. The maximum atomic E-state index is 12.1. The van der Waals surface area contributed by atoms with E-state index >= 15 is 0 Å². The minimum absolute atomic E-state index is 0.150. The van der Waals surface area contributed by atoms with Crippen molar-refractivity contribution < 1.29 is 18.7 Å². The van der Waals surface area contributed by atoms with Gasteiger partial charge in [-0.2, -0.15) is 4.68 Å². The molecule has 0 saturated heterocycles. The molecule has 2 amide bonds. The summed E-state index contributed by atoms with van der Waals surface area (Å²) in [6.07, 6.45) is 0. The van der Waals surface area contributed by atoms with E-state index in [1.165, 1.54) is 18.4 Å². The van der Waals surface area contributed by atoms with Crippen LogP contribution in [0.1, 0.15) is 5.56 Å². The molecule has 0 radical (unpaired) electrons. The fourth-order valence-corrected chi connectivity index (χ4v) is 3.03. The number of amides is 2. The summed E-state index contributed by atoms with van der Waals surface area (Å²) in [7, 11) is 1.50. The number of ether oxygens (including phenoxy) is 1. The summed E-state index contributed by atoms with van der Waals surface area (Å²) >= 11 is 1.36. The Hall–Kier alpha value is -3.40. The number of thiophene rings is 1. The van der Waals surface area contributed by atoms with Crippen molar-refractivity contribution in [2.45, 2.75) is 13.5 Å². The largest absolute Gasteiger partial charge is 0.495 e. The van der Waals surface area contributed by atoms with Crippen molar-refractivity contribution in [3.63, 3.8) is 0 Å². The summed E-state index contributed by atoms with van der Waals surface area (Å²) in [4.78, 5) is 36.6. The monoisotopic (exact) mass is 402 g/mol. The van der Waals surface area contributed by atoms with Gasteiger partial charge in [-0.25, -0.2) is 4.79 Å². The zero-order valence-corrected chi connectivity index (χ0v) is 16.0. The normalized spacial score (nSPS) is 10.5. The van der Waals surface area contributed by atoms with Crippen molar-refractivity contribution in [2.75, 3.05) is 19.0 Å². The smallest absolute Gasteiger partial charge is 0.437 e. The average Bonchev–Trinajstić information content (AvgIpc) is 3.31. The highest BCUT2D eigenvalue weighted by Gasteiger charge is 2.15. The van der Waals surface area contributed by atoms with Crippen LogP contribution in [0, 0.1) is 6.92 Å². The van der Waals surface area contributed by atoms with Gasteiger partial charge in [0, 0.05) is 0 Å². The number of carbonyl (C=O) groups is 2. The summed E-state index contributed by atoms with van der Waals surface area (Å²) in [6.45, 7) is 1.27. The maximum Gasteiger partial charge on any atom is 0.437 e. The highest BCUT2D eigenvalue weighted by atomic mass is 32.1. The van der Waals surface area contributed by atoms with Gasteiger partial charge in [0.15, 0.2) is 0 Å². The molecule has 0 aliphatic heterocycles. The number of benzene rings is 1. The van der Waals surface area contributed by atoms with Gasteiger partial charge in [0.25, 0.3) is 5.89 Å². The number of nitrogens with zero attached hydrogens (tertiary/aromatic N) is 2. The number of anilines is 1. The predicted molar refractivity (Wildman–Crippen MR) is 103 cm³/mol. The second kappa shape index (κ2) is 8.53. The van der Waals surface area contributed by atoms with Gasteiger partial charge >= 0.3 is 5.76 Å². The van der Waals surface area contributed by atoms with Crippen molar-refractivity contribution in [1.82, 2.24) is 15.1 Å². The van der Waals surface area contributed by atoms with E-state index in [9.17, 15) is 14.4 Å². The van der Waals surface area contributed by atoms with Gasteiger partial charge in [-0.05, 0) is 36.1 Å². The highest BCUT2D eigenvalue weighted by molar-refractivity contribution is 7.13. The van der Waals surface area contributed by atoms with E-state index in [1.54, 1.807) is 24.3 Å². The van der Waals surface area contributed by atoms with E-state index in [0.29, 0.717) is 16.3 Å². The number of hydrogen-bond acceptors (Lipinski definition) is 7. The van der Waals surface area contributed by atoms with E-state index in [2.05, 4.69) is 15.7 Å². The Balaban J connectivity index is 1.55. The molecule has 0 aliphatic carbocycles. The lowest BCUT2D eigenvalue weighted by Gasteiger charge is -2.11. The molecule has 10 heteroatoms. The molecule has 0 bridgehead atoms.